The molecule has 162 valence electrons. The van der Waals surface area contributed by atoms with Crippen molar-refractivity contribution in [3.8, 4) is 10.4 Å². The molecule has 1 aliphatic rings. The molecule has 1 amide bonds. The van der Waals surface area contributed by atoms with Crippen LogP contribution in [0.25, 0.3) is 21.3 Å². The van der Waals surface area contributed by atoms with E-state index in [2.05, 4.69) is 42.1 Å². The summed E-state index contributed by atoms with van der Waals surface area (Å²) in [5.41, 5.74) is 2.35. The highest BCUT2D eigenvalue weighted by Gasteiger charge is 2.17. The maximum absolute atomic E-state index is 12.9. The van der Waals surface area contributed by atoms with Gasteiger partial charge in [-0.3, -0.25) is 10.1 Å². The molecule has 4 heterocycles. The first kappa shape index (κ1) is 20.5. The molecule has 1 aromatic carbocycles. The second kappa shape index (κ2) is 8.60. The Labute approximate surface area is 190 Å². The fourth-order valence-electron chi connectivity index (χ4n) is 3.67. The third kappa shape index (κ3) is 4.30. The van der Waals surface area contributed by atoms with Crippen LogP contribution in [0.5, 0.6) is 0 Å². The number of hydrogen-bond donors (Lipinski definition) is 1. The van der Waals surface area contributed by atoms with E-state index in [1.165, 1.54) is 0 Å². The zero-order chi connectivity index (χ0) is 22.1. The zero-order valence-electron chi connectivity index (χ0n) is 17.9. The number of anilines is 2. The maximum Gasteiger partial charge on any atom is 0.258 e. The summed E-state index contributed by atoms with van der Waals surface area (Å²) in [7, 11) is 2.11. The van der Waals surface area contributed by atoms with Gasteiger partial charge in [-0.05, 0) is 37.7 Å². The predicted octanol–water partition coefficient (Wildman–Crippen LogP) is 3.46. The molecule has 0 aliphatic carbocycles. The Balaban J connectivity index is 1.36. The molecule has 1 fully saturated rings. The lowest BCUT2D eigenvalue weighted by Gasteiger charge is -2.33. The SMILES string of the molecule is Cc1ncc(-c2ccc3cnc(NC(=O)c4ccnc(N5CCN(C)CC5)c4)nc3c2)s1. The first-order valence-corrected chi connectivity index (χ1v) is 11.3. The van der Waals surface area contributed by atoms with Gasteiger partial charge in [0, 0.05) is 55.7 Å². The molecule has 0 atom stereocenters. The van der Waals surface area contributed by atoms with E-state index in [0.29, 0.717) is 5.56 Å². The molecule has 0 radical (unpaired) electrons. The molecule has 0 spiro atoms. The molecule has 1 N–H and O–H groups in total. The monoisotopic (exact) mass is 445 g/mol. The van der Waals surface area contributed by atoms with Gasteiger partial charge in [-0.15, -0.1) is 11.3 Å². The minimum absolute atomic E-state index is 0.253. The van der Waals surface area contributed by atoms with Crippen molar-refractivity contribution in [2.24, 2.45) is 0 Å². The number of rotatable bonds is 4. The number of fused-ring (bicyclic) bond motifs is 1. The number of aryl methyl sites for hydroxylation is 1. The number of hydrogen-bond acceptors (Lipinski definition) is 8. The Hall–Kier alpha value is -3.43. The van der Waals surface area contributed by atoms with Gasteiger partial charge in [0.2, 0.25) is 5.95 Å². The molecular formula is C23H23N7OS. The van der Waals surface area contributed by atoms with E-state index in [0.717, 1.165) is 58.3 Å². The summed E-state index contributed by atoms with van der Waals surface area (Å²) >= 11 is 1.64. The Kier molecular flexibility index (Phi) is 5.50. The van der Waals surface area contributed by atoms with Crippen molar-refractivity contribution in [2.75, 3.05) is 43.4 Å². The minimum Gasteiger partial charge on any atom is -0.354 e. The third-order valence-electron chi connectivity index (χ3n) is 5.55. The molecule has 8 nitrogen and oxygen atoms in total. The number of thiazole rings is 1. The average molecular weight is 446 g/mol. The summed E-state index contributed by atoms with van der Waals surface area (Å²) < 4.78 is 0. The first-order chi connectivity index (χ1) is 15.5. The summed E-state index contributed by atoms with van der Waals surface area (Å²) in [6, 6.07) is 9.55. The van der Waals surface area contributed by atoms with Crippen molar-refractivity contribution < 1.29 is 4.79 Å². The maximum atomic E-state index is 12.9. The van der Waals surface area contributed by atoms with E-state index in [9.17, 15) is 4.79 Å². The Morgan fingerprint density at radius 2 is 1.88 bits per heavy atom. The number of carbonyl (C=O) groups is 1. The summed E-state index contributed by atoms with van der Waals surface area (Å²) in [5.74, 6) is 0.837. The minimum atomic E-state index is -0.253. The lowest BCUT2D eigenvalue weighted by Crippen LogP contribution is -2.44. The third-order valence-corrected chi connectivity index (χ3v) is 6.51. The van der Waals surface area contributed by atoms with Gasteiger partial charge < -0.3 is 9.80 Å². The largest absolute Gasteiger partial charge is 0.354 e. The molecule has 5 rings (SSSR count). The quantitative estimate of drug-likeness (QED) is 0.515. The number of piperazine rings is 1. The van der Waals surface area contributed by atoms with Gasteiger partial charge in [0.15, 0.2) is 0 Å². The highest BCUT2D eigenvalue weighted by molar-refractivity contribution is 7.15. The molecule has 1 aliphatic heterocycles. The standard InChI is InChI=1S/C23H23N7OS/c1-15-25-14-20(32-15)16-3-4-18-13-26-23(27-19(18)11-16)28-22(31)17-5-6-24-21(12-17)30-9-7-29(2)8-10-30/h3-6,11-14H,7-10H2,1-2H3,(H,26,27,28,31). The second-order valence-electron chi connectivity index (χ2n) is 7.86. The van der Waals surface area contributed by atoms with Crippen molar-refractivity contribution in [3.05, 3.63) is 59.5 Å². The van der Waals surface area contributed by atoms with Crippen LogP contribution in [-0.2, 0) is 0 Å². The van der Waals surface area contributed by atoms with Crippen LogP contribution in [-0.4, -0.2) is 64.0 Å². The van der Waals surface area contributed by atoms with Gasteiger partial charge >= 0.3 is 0 Å². The van der Waals surface area contributed by atoms with Crippen LogP contribution in [0.4, 0.5) is 11.8 Å². The summed E-state index contributed by atoms with van der Waals surface area (Å²) in [5, 5.41) is 4.75. The van der Waals surface area contributed by atoms with Crippen LogP contribution in [0.3, 0.4) is 0 Å². The van der Waals surface area contributed by atoms with Gasteiger partial charge in [0.1, 0.15) is 5.82 Å². The molecule has 4 aromatic rings. The molecule has 32 heavy (non-hydrogen) atoms. The molecule has 1 saturated heterocycles. The normalized spacial score (nSPS) is 14.6. The lowest BCUT2D eigenvalue weighted by molar-refractivity contribution is 0.102. The number of nitrogens with one attached hydrogen (secondary N) is 1. The molecule has 0 saturated carbocycles. The van der Waals surface area contributed by atoms with Gasteiger partial charge in [-0.25, -0.2) is 19.9 Å². The van der Waals surface area contributed by atoms with E-state index < -0.39 is 0 Å². The summed E-state index contributed by atoms with van der Waals surface area (Å²) in [4.78, 5) is 36.1. The van der Waals surface area contributed by atoms with Crippen molar-refractivity contribution >= 4 is 39.9 Å². The average Bonchev–Trinajstić information content (AvgIpc) is 3.25. The number of carbonyl (C=O) groups excluding carboxylic acids is 1. The summed E-state index contributed by atoms with van der Waals surface area (Å²) in [6.45, 7) is 5.73. The number of nitrogens with zero attached hydrogens (tertiary/aromatic N) is 6. The fraction of sp³-hybridized carbons (Fsp3) is 0.261. The fourth-order valence-corrected chi connectivity index (χ4v) is 4.45. The Morgan fingerprint density at radius 3 is 2.66 bits per heavy atom. The van der Waals surface area contributed by atoms with Crippen LogP contribution in [0.15, 0.2) is 48.9 Å². The highest BCUT2D eigenvalue weighted by atomic mass is 32.1. The number of likely N-dealkylation sites (N-methyl/N-ethyl adjacent to an activating group) is 1. The molecule has 0 unspecified atom stereocenters. The lowest BCUT2D eigenvalue weighted by atomic mass is 10.1. The number of benzene rings is 1. The van der Waals surface area contributed by atoms with Crippen molar-refractivity contribution in [2.45, 2.75) is 6.92 Å². The number of amides is 1. The van der Waals surface area contributed by atoms with Crippen LogP contribution >= 0.6 is 11.3 Å². The Morgan fingerprint density at radius 1 is 1.03 bits per heavy atom. The zero-order valence-corrected chi connectivity index (χ0v) is 18.8. The van der Waals surface area contributed by atoms with E-state index in [1.807, 2.05) is 37.4 Å². The van der Waals surface area contributed by atoms with Crippen molar-refractivity contribution in [3.63, 3.8) is 0 Å². The molecule has 0 bridgehead atoms. The Bertz CT molecular complexity index is 1280. The first-order valence-electron chi connectivity index (χ1n) is 10.5. The van der Waals surface area contributed by atoms with Crippen LogP contribution < -0.4 is 10.2 Å². The predicted molar refractivity (Wildman–Crippen MR) is 127 cm³/mol. The van der Waals surface area contributed by atoms with Crippen molar-refractivity contribution in [1.29, 1.82) is 0 Å². The van der Waals surface area contributed by atoms with Crippen molar-refractivity contribution in [1.82, 2.24) is 24.8 Å². The van der Waals surface area contributed by atoms with Gasteiger partial charge in [0.05, 0.1) is 15.4 Å². The molecule has 3 aromatic heterocycles. The van der Waals surface area contributed by atoms with E-state index >= 15 is 0 Å². The van der Waals surface area contributed by atoms with Gasteiger partial charge in [-0.2, -0.15) is 0 Å². The van der Waals surface area contributed by atoms with Crippen LogP contribution in [0.1, 0.15) is 15.4 Å². The van der Waals surface area contributed by atoms with Gasteiger partial charge in [0.25, 0.3) is 5.91 Å². The van der Waals surface area contributed by atoms with Crippen LogP contribution in [0, 0.1) is 6.92 Å². The smallest absolute Gasteiger partial charge is 0.258 e. The number of aromatic nitrogens is 4. The van der Waals surface area contributed by atoms with E-state index in [1.54, 1.807) is 29.8 Å². The van der Waals surface area contributed by atoms with Crippen LogP contribution in [0.2, 0.25) is 0 Å². The van der Waals surface area contributed by atoms with E-state index in [4.69, 9.17) is 0 Å². The highest BCUT2D eigenvalue weighted by Crippen LogP contribution is 2.28. The summed E-state index contributed by atoms with van der Waals surface area (Å²) in [6.07, 6.45) is 5.27. The van der Waals surface area contributed by atoms with E-state index in [-0.39, 0.29) is 11.9 Å². The topological polar surface area (TPSA) is 87.1 Å². The number of pyridine rings is 1. The van der Waals surface area contributed by atoms with Gasteiger partial charge in [-0.1, -0.05) is 12.1 Å². The molecular weight excluding hydrogens is 422 g/mol. The second-order valence-corrected chi connectivity index (χ2v) is 9.09. The molecule has 9 heteroatoms.